The quantitative estimate of drug-likeness (QED) is 0.736. The summed E-state index contributed by atoms with van der Waals surface area (Å²) in [7, 11) is 0. The van der Waals surface area contributed by atoms with E-state index in [-0.39, 0.29) is 5.54 Å². The lowest BCUT2D eigenvalue weighted by Gasteiger charge is -2.39. The van der Waals surface area contributed by atoms with Gasteiger partial charge in [0.05, 0.1) is 13.1 Å². The Morgan fingerprint density at radius 1 is 1.50 bits per heavy atom. The fourth-order valence-electron chi connectivity index (χ4n) is 1.68. The molecule has 0 N–H and O–H groups in total. The minimum atomic E-state index is 0.139. The number of hydrogen-bond acceptors (Lipinski definition) is 4. The van der Waals surface area contributed by atoms with Crippen LogP contribution >= 0.6 is 12.6 Å². The van der Waals surface area contributed by atoms with Crippen LogP contribution in [0.4, 0.5) is 0 Å². The predicted molar refractivity (Wildman–Crippen MR) is 58.4 cm³/mol. The minimum absolute atomic E-state index is 0.139. The summed E-state index contributed by atoms with van der Waals surface area (Å²) in [6.07, 6.45) is 1.63. The van der Waals surface area contributed by atoms with Crippen molar-refractivity contribution >= 4 is 12.6 Å². The van der Waals surface area contributed by atoms with Crippen molar-refractivity contribution in [1.82, 2.24) is 19.7 Å². The van der Waals surface area contributed by atoms with Gasteiger partial charge in [-0.2, -0.15) is 17.7 Å². The van der Waals surface area contributed by atoms with E-state index >= 15 is 0 Å². The van der Waals surface area contributed by atoms with Crippen LogP contribution in [0.5, 0.6) is 0 Å². The SMILES string of the molecule is CC(C)(CS)N1CCn2ncnc2C1. The van der Waals surface area contributed by atoms with Gasteiger partial charge in [-0.1, -0.05) is 0 Å². The maximum Gasteiger partial charge on any atom is 0.141 e. The van der Waals surface area contributed by atoms with E-state index in [1.807, 2.05) is 4.68 Å². The molecule has 1 aliphatic rings. The summed E-state index contributed by atoms with van der Waals surface area (Å²) in [4.78, 5) is 6.65. The van der Waals surface area contributed by atoms with Gasteiger partial charge in [0.15, 0.2) is 0 Å². The van der Waals surface area contributed by atoms with Crippen molar-refractivity contribution in [2.45, 2.75) is 32.5 Å². The maximum atomic E-state index is 4.38. The highest BCUT2D eigenvalue weighted by Gasteiger charge is 2.29. The number of nitrogens with zero attached hydrogens (tertiary/aromatic N) is 4. The Labute approximate surface area is 89.7 Å². The summed E-state index contributed by atoms with van der Waals surface area (Å²) in [6, 6.07) is 0. The van der Waals surface area contributed by atoms with Crippen LogP contribution in [0.3, 0.4) is 0 Å². The van der Waals surface area contributed by atoms with Crippen molar-refractivity contribution in [2.75, 3.05) is 12.3 Å². The maximum absolute atomic E-state index is 4.38. The molecule has 0 bridgehead atoms. The Bertz CT molecular complexity index is 320. The highest BCUT2D eigenvalue weighted by atomic mass is 32.1. The molecular weight excluding hydrogens is 196 g/mol. The van der Waals surface area contributed by atoms with Crippen LogP contribution in [0.25, 0.3) is 0 Å². The van der Waals surface area contributed by atoms with Crippen LogP contribution in [-0.2, 0) is 13.1 Å². The van der Waals surface area contributed by atoms with E-state index in [2.05, 4.69) is 41.5 Å². The van der Waals surface area contributed by atoms with Crippen LogP contribution in [0, 0.1) is 0 Å². The van der Waals surface area contributed by atoms with E-state index < -0.39 is 0 Å². The zero-order valence-corrected chi connectivity index (χ0v) is 9.54. The van der Waals surface area contributed by atoms with Crippen LogP contribution in [0.15, 0.2) is 6.33 Å². The first kappa shape index (κ1) is 9.98. The van der Waals surface area contributed by atoms with Crippen LogP contribution < -0.4 is 0 Å². The van der Waals surface area contributed by atoms with Gasteiger partial charge in [0.25, 0.3) is 0 Å². The molecule has 2 rings (SSSR count). The van der Waals surface area contributed by atoms with E-state index in [1.54, 1.807) is 6.33 Å². The van der Waals surface area contributed by atoms with Crippen LogP contribution in [-0.4, -0.2) is 37.5 Å². The van der Waals surface area contributed by atoms with Gasteiger partial charge in [-0.05, 0) is 13.8 Å². The Hall–Kier alpha value is -0.550. The number of fused-ring (bicyclic) bond motifs is 1. The number of rotatable bonds is 2. The number of hydrogen-bond donors (Lipinski definition) is 1. The standard InChI is InChI=1S/C9H16N4S/c1-9(2,6-14)12-3-4-13-8(5-12)10-7-11-13/h7,14H,3-6H2,1-2H3. The summed E-state index contributed by atoms with van der Waals surface area (Å²) >= 11 is 4.38. The molecular formula is C9H16N4S. The molecule has 0 radical (unpaired) electrons. The second kappa shape index (κ2) is 3.55. The van der Waals surface area contributed by atoms with Gasteiger partial charge in [-0.25, -0.2) is 9.67 Å². The van der Waals surface area contributed by atoms with E-state index in [1.165, 1.54) is 0 Å². The van der Waals surface area contributed by atoms with E-state index in [0.29, 0.717) is 0 Å². The zero-order chi connectivity index (χ0) is 10.2. The van der Waals surface area contributed by atoms with Crippen molar-refractivity contribution in [3.8, 4) is 0 Å². The molecule has 78 valence electrons. The predicted octanol–water partition coefficient (Wildman–Crippen LogP) is 0.802. The van der Waals surface area contributed by atoms with Gasteiger partial charge < -0.3 is 0 Å². The fourth-order valence-corrected chi connectivity index (χ4v) is 1.88. The van der Waals surface area contributed by atoms with Crippen molar-refractivity contribution in [1.29, 1.82) is 0 Å². The average molecular weight is 212 g/mol. The van der Waals surface area contributed by atoms with Gasteiger partial charge >= 0.3 is 0 Å². The largest absolute Gasteiger partial charge is 0.288 e. The lowest BCUT2D eigenvalue weighted by atomic mass is 10.1. The molecule has 0 amide bonds. The smallest absolute Gasteiger partial charge is 0.141 e. The number of aromatic nitrogens is 3. The summed E-state index contributed by atoms with van der Waals surface area (Å²) < 4.78 is 1.98. The molecule has 0 saturated carbocycles. The molecule has 5 heteroatoms. The molecule has 0 aliphatic carbocycles. The molecule has 1 aromatic heterocycles. The van der Waals surface area contributed by atoms with Crippen LogP contribution in [0.2, 0.25) is 0 Å². The molecule has 1 aromatic rings. The Kier molecular flexibility index (Phi) is 2.53. The lowest BCUT2D eigenvalue weighted by Crippen LogP contribution is -2.49. The van der Waals surface area contributed by atoms with E-state index in [0.717, 1.165) is 31.2 Å². The topological polar surface area (TPSA) is 34.0 Å². The summed E-state index contributed by atoms with van der Waals surface area (Å²) in [5.41, 5.74) is 0.139. The first-order chi connectivity index (χ1) is 6.63. The Morgan fingerprint density at radius 2 is 2.29 bits per heavy atom. The third-order valence-corrected chi connectivity index (χ3v) is 3.63. The van der Waals surface area contributed by atoms with E-state index in [4.69, 9.17) is 0 Å². The van der Waals surface area contributed by atoms with Gasteiger partial charge in [-0.3, -0.25) is 4.90 Å². The molecule has 2 heterocycles. The average Bonchev–Trinajstić information content (AvgIpc) is 2.64. The van der Waals surface area contributed by atoms with Gasteiger partial charge in [0.2, 0.25) is 0 Å². The van der Waals surface area contributed by atoms with Gasteiger partial charge in [0.1, 0.15) is 12.2 Å². The third-order valence-electron chi connectivity index (χ3n) is 2.85. The molecule has 0 atom stereocenters. The van der Waals surface area contributed by atoms with Gasteiger partial charge in [0, 0.05) is 17.8 Å². The van der Waals surface area contributed by atoms with Crippen molar-refractivity contribution in [2.24, 2.45) is 0 Å². The van der Waals surface area contributed by atoms with Crippen molar-refractivity contribution < 1.29 is 0 Å². The molecule has 0 saturated heterocycles. The van der Waals surface area contributed by atoms with Crippen molar-refractivity contribution in [3.63, 3.8) is 0 Å². The van der Waals surface area contributed by atoms with E-state index in [9.17, 15) is 0 Å². The molecule has 0 unspecified atom stereocenters. The summed E-state index contributed by atoms with van der Waals surface area (Å²) in [6.45, 7) is 7.28. The molecule has 1 aliphatic heterocycles. The molecule has 14 heavy (non-hydrogen) atoms. The molecule has 0 fully saturated rings. The highest BCUT2D eigenvalue weighted by molar-refractivity contribution is 7.80. The van der Waals surface area contributed by atoms with Gasteiger partial charge in [-0.15, -0.1) is 0 Å². The Morgan fingerprint density at radius 3 is 3.00 bits per heavy atom. The minimum Gasteiger partial charge on any atom is -0.288 e. The number of thiol groups is 1. The second-order valence-electron chi connectivity index (χ2n) is 4.29. The fraction of sp³-hybridized carbons (Fsp3) is 0.778. The first-order valence-corrected chi connectivity index (χ1v) is 5.49. The van der Waals surface area contributed by atoms with Crippen LogP contribution in [0.1, 0.15) is 19.7 Å². The zero-order valence-electron chi connectivity index (χ0n) is 8.64. The molecule has 4 nitrogen and oxygen atoms in total. The second-order valence-corrected chi connectivity index (χ2v) is 4.61. The monoisotopic (exact) mass is 212 g/mol. The first-order valence-electron chi connectivity index (χ1n) is 4.86. The van der Waals surface area contributed by atoms with Crippen molar-refractivity contribution in [3.05, 3.63) is 12.2 Å². The summed E-state index contributed by atoms with van der Waals surface area (Å²) in [5, 5.41) is 4.16. The Balaban J connectivity index is 2.15. The molecule has 0 spiro atoms. The summed E-state index contributed by atoms with van der Waals surface area (Å²) in [5.74, 6) is 1.92. The highest BCUT2D eigenvalue weighted by Crippen LogP contribution is 2.21. The molecule has 0 aromatic carbocycles. The normalized spacial score (nSPS) is 18.2. The third kappa shape index (κ3) is 1.66. The lowest BCUT2D eigenvalue weighted by molar-refractivity contribution is 0.100.